The highest BCUT2D eigenvalue weighted by molar-refractivity contribution is 7.98. The van der Waals surface area contributed by atoms with E-state index in [-0.39, 0.29) is 0 Å². The number of aromatic nitrogens is 1. The first-order valence-electron chi connectivity index (χ1n) is 7.18. The number of benzene rings is 1. The largest absolute Gasteiger partial charge is 0.361 e. The summed E-state index contributed by atoms with van der Waals surface area (Å²) in [6, 6.07) is 7.41. The van der Waals surface area contributed by atoms with Crippen molar-refractivity contribution in [2.24, 2.45) is 5.92 Å². The lowest BCUT2D eigenvalue weighted by Crippen LogP contribution is -2.47. The van der Waals surface area contributed by atoms with Gasteiger partial charge in [-0.2, -0.15) is 11.8 Å². The van der Waals surface area contributed by atoms with Gasteiger partial charge in [0, 0.05) is 29.1 Å². The predicted octanol–water partition coefficient (Wildman–Crippen LogP) is 3.15. The summed E-state index contributed by atoms with van der Waals surface area (Å²) in [6.45, 7) is 1.19. The second-order valence-corrected chi connectivity index (χ2v) is 6.88. The Hall–Kier alpha value is -0.930. The van der Waals surface area contributed by atoms with Crippen LogP contribution in [0, 0.1) is 5.92 Å². The molecule has 2 heterocycles. The lowest BCUT2D eigenvalue weighted by atomic mass is 9.73. The SMILES string of the molecule is CSCC1CNC2Cc3c[nH]c4cccc(c34)C2C1. The van der Waals surface area contributed by atoms with Gasteiger partial charge in [0.15, 0.2) is 0 Å². The number of hydrogen-bond donors (Lipinski definition) is 2. The Morgan fingerprint density at radius 3 is 3.21 bits per heavy atom. The minimum atomic E-state index is 0.645. The van der Waals surface area contributed by atoms with E-state index in [2.05, 4.69) is 41.0 Å². The van der Waals surface area contributed by atoms with Crippen LogP contribution in [0.3, 0.4) is 0 Å². The molecule has 3 unspecified atom stereocenters. The zero-order valence-electron chi connectivity index (χ0n) is 11.3. The van der Waals surface area contributed by atoms with Crippen molar-refractivity contribution >= 4 is 22.7 Å². The summed E-state index contributed by atoms with van der Waals surface area (Å²) in [5, 5.41) is 5.31. The van der Waals surface area contributed by atoms with Gasteiger partial charge < -0.3 is 10.3 Å². The normalized spacial score (nSPS) is 29.4. The van der Waals surface area contributed by atoms with Gasteiger partial charge in [-0.1, -0.05) is 12.1 Å². The molecular weight excluding hydrogens is 252 g/mol. The molecule has 1 aliphatic heterocycles. The number of rotatable bonds is 2. The Labute approximate surface area is 118 Å². The number of piperidine rings is 1. The first kappa shape index (κ1) is 11.9. The van der Waals surface area contributed by atoms with Crippen molar-refractivity contribution in [3.05, 3.63) is 35.5 Å². The molecule has 0 amide bonds. The molecule has 0 saturated carbocycles. The Morgan fingerprint density at radius 1 is 1.37 bits per heavy atom. The Bertz CT molecular complexity index is 604. The summed E-state index contributed by atoms with van der Waals surface area (Å²) in [4.78, 5) is 3.43. The van der Waals surface area contributed by atoms with E-state index in [1.54, 1.807) is 5.56 Å². The number of aromatic amines is 1. The first-order valence-corrected chi connectivity index (χ1v) is 8.57. The highest BCUT2D eigenvalue weighted by Gasteiger charge is 2.35. The molecule has 2 aliphatic rings. The number of thioether (sulfide) groups is 1. The number of H-pyrrole nitrogens is 1. The average molecular weight is 272 g/mol. The second kappa shape index (κ2) is 4.57. The van der Waals surface area contributed by atoms with E-state index in [4.69, 9.17) is 0 Å². The molecule has 1 aromatic carbocycles. The zero-order valence-corrected chi connectivity index (χ0v) is 12.1. The van der Waals surface area contributed by atoms with Crippen molar-refractivity contribution in [2.75, 3.05) is 18.6 Å². The van der Waals surface area contributed by atoms with Gasteiger partial charge in [0.2, 0.25) is 0 Å². The third-order valence-corrected chi connectivity index (χ3v) is 5.61. The Kier molecular flexibility index (Phi) is 2.85. The molecule has 100 valence electrons. The van der Waals surface area contributed by atoms with Crippen molar-refractivity contribution in [1.29, 1.82) is 0 Å². The summed E-state index contributed by atoms with van der Waals surface area (Å²) >= 11 is 1.98. The highest BCUT2D eigenvalue weighted by atomic mass is 32.2. The summed E-state index contributed by atoms with van der Waals surface area (Å²) < 4.78 is 0. The number of fused-ring (bicyclic) bond motifs is 2. The van der Waals surface area contributed by atoms with Crippen molar-refractivity contribution in [2.45, 2.75) is 24.8 Å². The topological polar surface area (TPSA) is 27.8 Å². The minimum Gasteiger partial charge on any atom is -0.361 e. The second-order valence-electron chi connectivity index (χ2n) is 5.97. The van der Waals surface area contributed by atoms with Crippen LogP contribution in [-0.4, -0.2) is 29.6 Å². The average Bonchev–Trinajstić information content (AvgIpc) is 2.85. The van der Waals surface area contributed by atoms with Gasteiger partial charge in [-0.05, 0) is 54.5 Å². The van der Waals surface area contributed by atoms with E-state index >= 15 is 0 Å². The van der Waals surface area contributed by atoms with E-state index in [0.29, 0.717) is 12.0 Å². The van der Waals surface area contributed by atoms with E-state index in [1.807, 2.05) is 11.8 Å². The molecule has 1 aliphatic carbocycles. The molecule has 2 aromatic rings. The van der Waals surface area contributed by atoms with Crippen molar-refractivity contribution in [1.82, 2.24) is 10.3 Å². The fourth-order valence-corrected chi connectivity index (χ4v) is 4.71. The van der Waals surface area contributed by atoms with Crippen LogP contribution < -0.4 is 5.32 Å². The Balaban J connectivity index is 1.76. The third-order valence-electron chi connectivity index (χ3n) is 4.80. The molecule has 3 heteroatoms. The van der Waals surface area contributed by atoms with E-state index in [1.165, 1.54) is 41.6 Å². The molecule has 1 aromatic heterocycles. The summed E-state index contributed by atoms with van der Waals surface area (Å²) in [6.07, 6.45) is 6.97. The number of nitrogens with one attached hydrogen (secondary N) is 2. The van der Waals surface area contributed by atoms with Crippen LogP contribution in [0.15, 0.2) is 24.4 Å². The third kappa shape index (κ3) is 1.83. The van der Waals surface area contributed by atoms with Gasteiger partial charge in [0.1, 0.15) is 0 Å². The molecule has 0 bridgehead atoms. The molecule has 19 heavy (non-hydrogen) atoms. The molecule has 2 N–H and O–H groups in total. The van der Waals surface area contributed by atoms with Crippen molar-refractivity contribution in [3.8, 4) is 0 Å². The van der Waals surface area contributed by atoms with Gasteiger partial charge >= 0.3 is 0 Å². The monoisotopic (exact) mass is 272 g/mol. The fraction of sp³-hybridized carbons (Fsp3) is 0.500. The van der Waals surface area contributed by atoms with Gasteiger partial charge in [0.05, 0.1) is 0 Å². The standard InChI is InChI=1S/C16H20N2S/c1-19-9-10-5-13-12-3-2-4-14-16(12)11(8-18-14)6-15(13)17-7-10/h2-4,8,10,13,15,17-18H,5-7,9H2,1H3. The van der Waals surface area contributed by atoms with Crippen molar-refractivity contribution < 1.29 is 0 Å². The molecule has 3 atom stereocenters. The van der Waals surface area contributed by atoms with E-state index in [0.717, 1.165) is 5.92 Å². The summed E-state index contributed by atoms with van der Waals surface area (Å²) in [5.74, 6) is 2.82. The van der Waals surface area contributed by atoms with E-state index in [9.17, 15) is 0 Å². The van der Waals surface area contributed by atoms with Gasteiger partial charge in [-0.25, -0.2) is 0 Å². The molecule has 2 nitrogen and oxygen atoms in total. The van der Waals surface area contributed by atoms with Crippen LogP contribution in [0.25, 0.3) is 10.9 Å². The molecule has 0 radical (unpaired) electrons. The minimum absolute atomic E-state index is 0.645. The smallest absolute Gasteiger partial charge is 0.0459 e. The molecule has 4 rings (SSSR count). The van der Waals surface area contributed by atoms with Gasteiger partial charge in [-0.3, -0.25) is 0 Å². The van der Waals surface area contributed by atoms with Crippen molar-refractivity contribution in [3.63, 3.8) is 0 Å². The highest BCUT2D eigenvalue weighted by Crippen LogP contribution is 2.42. The first-order chi connectivity index (χ1) is 9.36. The van der Waals surface area contributed by atoms with Crippen LogP contribution >= 0.6 is 11.8 Å². The maximum atomic E-state index is 3.80. The maximum Gasteiger partial charge on any atom is 0.0459 e. The van der Waals surface area contributed by atoms with Crippen LogP contribution in [-0.2, 0) is 6.42 Å². The van der Waals surface area contributed by atoms with E-state index < -0.39 is 0 Å². The summed E-state index contributed by atoms with van der Waals surface area (Å²) in [5.41, 5.74) is 4.39. The van der Waals surface area contributed by atoms with Crippen LogP contribution in [0.2, 0.25) is 0 Å². The summed E-state index contributed by atoms with van der Waals surface area (Å²) in [7, 11) is 0. The van der Waals surface area contributed by atoms with Gasteiger partial charge in [-0.15, -0.1) is 0 Å². The lowest BCUT2D eigenvalue weighted by Gasteiger charge is -2.40. The molecule has 1 fully saturated rings. The van der Waals surface area contributed by atoms with Crippen LogP contribution in [0.5, 0.6) is 0 Å². The van der Waals surface area contributed by atoms with Crippen LogP contribution in [0.1, 0.15) is 23.5 Å². The molecule has 0 spiro atoms. The zero-order chi connectivity index (χ0) is 12.8. The van der Waals surface area contributed by atoms with Gasteiger partial charge in [0.25, 0.3) is 0 Å². The fourth-order valence-electron chi connectivity index (χ4n) is 3.98. The molecular formula is C16H20N2S. The maximum absolute atomic E-state index is 3.80. The molecule has 1 saturated heterocycles. The quantitative estimate of drug-likeness (QED) is 0.879. The Morgan fingerprint density at radius 2 is 2.32 bits per heavy atom. The lowest BCUT2D eigenvalue weighted by molar-refractivity contribution is 0.286. The predicted molar refractivity (Wildman–Crippen MR) is 83.0 cm³/mol. The number of hydrogen-bond acceptors (Lipinski definition) is 2. The van der Waals surface area contributed by atoms with Crippen LogP contribution in [0.4, 0.5) is 0 Å².